The van der Waals surface area contributed by atoms with Gasteiger partial charge in [0.25, 0.3) is 0 Å². The van der Waals surface area contributed by atoms with Gasteiger partial charge in [0, 0.05) is 0 Å². The average molecular weight is 332 g/mol. The molecule has 0 bridgehead atoms. The van der Waals surface area contributed by atoms with Gasteiger partial charge in [-0.1, -0.05) is 110 Å². The lowest BCUT2D eigenvalue weighted by Gasteiger charge is -2.15. The maximum Gasteiger partial charge on any atom is -0.00992 e. The number of hydrogen-bond acceptors (Lipinski definition) is 0. The molecule has 0 heteroatoms. The molecule has 4 aromatic rings. The van der Waals surface area contributed by atoms with Gasteiger partial charge in [0.15, 0.2) is 0 Å². The molecule has 4 rings (SSSR count). The molecule has 0 nitrogen and oxygen atoms in total. The van der Waals surface area contributed by atoms with Crippen molar-refractivity contribution < 1.29 is 0 Å². The van der Waals surface area contributed by atoms with E-state index in [0.29, 0.717) is 0 Å². The van der Waals surface area contributed by atoms with Crippen molar-refractivity contribution in [2.24, 2.45) is 0 Å². The third-order valence-electron chi connectivity index (χ3n) is 4.66. The first-order valence-electron chi connectivity index (χ1n) is 8.82. The van der Waals surface area contributed by atoms with Crippen molar-refractivity contribution in [3.8, 4) is 22.3 Å². The standard InChI is InChI=1S/C26H20/c1-20(21-11-5-2-6-12-21)26-19-24(22-13-7-3-8-14-22)17-18-25(26)23-15-9-4-10-16-23/h2-19H,1H2. The van der Waals surface area contributed by atoms with E-state index in [9.17, 15) is 0 Å². The van der Waals surface area contributed by atoms with Gasteiger partial charge in [0.1, 0.15) is 0 Å². The Labute approximate surface area is 155 Å². The molecule has 0 spiro atoms. The van der Waals surface area contributed by atoms with Crippen molar-refractivity contribution >= 4 is 5.57 Å². The first kappa shape index (κ1) is 16.1. The minimum absolute atomic E-state index is 1.04. The largest absolute Gasteiger partial charge is 0.0905 e. The van der Waals surface area contributed by atoms with Crippen molar-refractivity contribution in [1.29, 1.82) is 0 Å². The number of hydrogen-bond donors (Lipinski definition) is 0. The molecule has 0 saturated carbocycles. The highest BCUT2D eigenvalue weighted by molar-refractivity contribution is 5.89. The molecule has 0 aliphatic carbocycles. The van der Waals surface area contributed by atoms with Gasteiger partial charge in [0.05, 0.1) is 0 Å². The summed E-state index contributed by atoms with van der Waals surface area (Å²) in [6.07, 6.45) is 0. The molecule has 0 saturated heterocycles. The van der Waals surface area contributed by atoms with Crippen LogP contribution in [0.4, 0.5) is 0 Å². The summed E-state index contributed by atoms with van der Waals surface area (Å²) < 4.78 is 0. The Kier molecular flexibility index (Phi) is 4.49. The third-order valence-corrected chi connectivity index (χ3v) is 4.66. The smallest absolute Gasteiger partial charge is 0.00992 e. The Bertz CT molecular complexity index is 1010. The second-order valence-electron chi connectivity index (χ2n) is 6.34. The summed E-state index contributed by atoms with van der Waals surface area (Å²) in [5.41, 5.74) is 8.20. The van der Waals surface area contributed by atoms with E-state index in [0.717, 1.165) is 11.1 Å². The molecule has 0 fully saturated rings. The Balaban J connectivity index is 1.89. The van der Waals surface area contributed by atoms with Crippen LogP contribution in [0, 0.1) is 0 Å². The van der Waals surface area contributed by atoms with Gasteiger partial charge < -0.3 is 0 Å². The molecule has 0 unspecified atom stereocenters. The SMILES string of the molecule is C=C(c1ccccc1)c1cc(-c2ccccc2)ccc1-c1ccccc1. The predicted molar refractivity (Wildman–Crippen MR) is 112 cm³/mol. The van der Waals surface area contributed by atoms with E-state index in [1.54, 1.807) is 0 Å². The molecule has 0 amide bonds. The molecule has 0 aliphatic rings. The van der Waals surface area contributed by atoms with Crippen LogP contribution in [-0.2, 0) is 0 Å². The molecule has 0 heterocycles. The van der Waals surface area contributed by atoms with Crippen LogP contribution in [0.5, 0.6) is 0 Å². The molecule has 0 N–H and O–H groups in total. The van der Waals surface area contributed by atoms with Gasteiger partial charge in [-0.2, -0.15) is 0 Å². The maximum atomic E-state index is 4.42. The zero-order valence-corrected chi connectivity index (χ0v) is 14.6. The zero-order valence-electron chi connectivity index (χ0n) is 14.6. The first-order chi connectivity index (χ1) is 12.8. The molecular weight excluding hydrogens is 312 g/mol. The maximum absolute atomic E-state index is 4.42. The Morgan fingerprint density at radius 3 is 1.65 bits per heavy atom. The lowest BCUT2D eigenvalue weighted by atomic mass is 9.89. The van der Waals surface area contributed by atoms with Crippen LogP contribution < -0.4 is 0 Å². The minimum Gasteiger partial charge on any atom is -0.0905 e. The summed E-state index contributed by atoms with van der Waals surface area (Å²) in [7, 11) is 0. The second-order valence-corrected chi connectivity index (χ2v) is 6.34. The molecule has 124 valence electrons. The summed E-state index contributed by atoms with van der Waals surface area (Å²) in [5, 5.41) is 0. The van der Waals surface area contributed by atoms with Crippen LogP contribution in [0.15, 0.2) is 116 Å². The lowest BCUT2D eigenvalue weighted by molar-refractivity contribution is 1.52. The van der Waals surface area contributed by atoms with Crippen molar-refractivity contribution in [3.63, 3.8) is 0 Å². The van der Waals surface area contributed by atoms with Crippen LogP contribution in [0.3, 0.4) is 0 Å². The molecule has 0 radical (unpaired) electrons. The summed E-state index contributed by atoms with van der Waals surface area (Å²) in [6.45, 7) is 4.42. The van der Waals surface area contributed by atoms with E-state index in [1.165, 1.54) is 27.8 Å². The van der Waals surface area contributed by atoms with Gasteiger partial charge in [-0.25, -0.2) is 0 Å². The van der Waals surface area contributed by atoms with Crippen LogP contribution >= 0.6 is 0 Å². The molecule has 0 aromatic heterocycles. The van der Waals surface area contributed by atoms with Crippen molar-refractivity contribution in [3.05, 3.63) is 127 Å². The van der Waals surface area contributed by atoms with E-state index in [2.05, 4.69) is 97.6 Å². The fraction of sp³-hybridized carbons (Fsp3) is 0. The predicted octanol–water partition coefficient (Wildman–Crippen LogP) is 7.08. The monoisotopic (exact) mass is 332 g/mol. The van der Waals surface area contributed by atoms with Crippen molar-refractivity contribution in [2.75, 3.05) is 0 Å². The fourth-order valence-electron chi connectivity index (χ4n) is 3.27. The van der Waals surface area contributed by atoms with Gasteiger partial charge in [-0.05, 0) is 45.0 Å². The summed E-state index contributed by atoms with van der Waals surface area (Å²) in [4.78, 5) is 0. The van der Waals surface area contributed by atoms with Crippen LogP contribution in [0.1, 0.15) is 11.1 Å². The van der Waals surface area contributed by atoms with Crippen molar-refractivity contribution in [2.45, 2.75) is 0 Å². The molecular formula is C26H20. The van der Waals surface area contributed by atoms with E-state index in [1.807, 2.05) is 18.2 Å². The molecule has 4 aromatic carbocycles. The molecule has 0 atom stereocenters. The molecule has 0 aliphatic heterocycles. The Morgan fingerprint density at radius 1 is 0.500 bits per heavy atom. The Morgan fingerprint density at radius 2 is 1.04 bits per heavy atom. The van der Waals surface area contributed by atoms with Crippen LogP contribution in [0.2, 0.25) is 0 Å². The van der Waals surface area contributed by atoms with Gasteiger partial charge in [0.2, 0.25) is 0 Å². The zero-order chi connectivity index (χ0) is 17.8. The second kappa shape index (κ2) is 7.25. The van der Waals surface area contributed by atoms with Gasteiger partial charge in [-0.15, -0.1) is 0 Å². The summed E-state index contributed by atoms with van der Waals surface area (Å²) in [6, 6.07) is 38.1. The highest BCUT2D eigenvalue weighted by atomic mass is 14.2. The number of rotatable bonds is 4. The summed E-state index contributed by atoms with van der Waals surface area (Å²) in [5.74, 6) is 0. The van der Waals surface area contributed by atoms with E-state index in [-0.39, 0.29) is 0 Å². The normalized spacial score (nSPS) is 10.5. The van der Waals surface area contributed by atoms with E-state index >= 15 is 0 Å². The van der Waals surface area contributed by atoms with Gasteiger partial charge >= 0.3 is 0 Å². The highest BCUT2D eigenvalue weighted by Crippen LogP contribution is 2.35. The fourth-order valence-corrected chi connectivity index (χ4v) is 3.27. The van der Waals surface area contributed by atoms with Crippen LogP contribution in [-0.4, -0.2) is 0 Å². The highest BCUT2D eigenvalue weighted by Gasteiger charge is 2.11. The average Bonchev–Trinajstić information content (AvgIpc) is 2.75. The van der Waals surface area contributed by atoms with Crippen LogP contribution in [0.25, 0.3) is 27.8 Å². The topological polar surface area (TPSA) is 0 Å². The Hall–Kier alpha value is -3.38. The number of benzene rings is 4. The first-order valence-corrected chi connectivity index (χ1v) is 8.82. The van der Waals surface area contributed by atoms with Crippen molar-refractivity contribution in [1.82, 2.24) is 0 Å². The van der Waals surface area contributed by atoms with E-state index in [4.69, 9.17) is 0 Å². The lowest BCUT2D eigenvalue weighted by Crippen LogP contribution is -1.92. The minimum atomic E-state index is 1.04. The van der Waals surface area contributed by atoms with Gasteiger partial charge in [-0.3, -0.25) is 0 Å². The quantitative estimate of drug-likeness (QED) is 0.374. The summed E-state index contributed by atoms with van der Waals surface area (Å²) >= 11 is 0. The van der Waals surface area contributed by atoms with E-state index < -0.39 is 0 Å². The molecule has 26 heavy (non-hydrogen) atoms. The third kappa shape index (κ3) is 3.22.